The van der Waals surface area contributed by atoms with Gasteiger partial charge in [0.25, 0.3) is 0 Å². The van der Waals surface area contributed by atoms with Crippen molar-refractivity contribution in [3.8, 4) is 0 Å². The number of aliphatic hydroxyl groups is 1. The van der Waals surface area contributed by atoms with Gasteiger partial charge in [-0.2, -0.15) is 0 Å². The lowest BCUT2D eigenvalue weighted by molar-refractivity contribution is 0.269. The molecule has 19 heavy (non-hydrogen) atoms. The smallest absolute Gasteiger partial charge is 0.146 e. The van der Waals surface area contributed by atoms with Crippen LogP contribution in [0.2, 0.25) is 0 Å². The Morgan fingerprint density at radius 1 is 1.37 bits per heavy atom. The number of hydrogen-bond acceptors (Lipinski definition) is 3. The first-order valence-corrected chi connectivity index (χ1v) is 6.87. The number of rotatable bonds is 7. The Balaban J connectivity index is 2.85. The van der Waals surface area contributed by atoms with Gasteiger partial charge in [0, 0.05) is 19.1 Å². The van der Waals surface area contributed by atoms with Crippen LogP contribution in [-0.2, 0) is 0 Å². The van der Waals surface area contributed by atoms with Crippen molar-refractivity contribution in [1.82, 2.24) is 5.32 Å². The summed E-state index contributed by atoms with van der Waals surface area (Å²) in [5, 5.41) is 12.5. The molecule has 1 aromatic rings. The molecule has 1 rings (SSSR count). The zero-order valence-electron chi connectivity index (χ0n) is 12.3. The van der Waals surface area contributed by atoms with Gasteiger partial charge in [0.05, 0.1) is 12.3 Å². The summed E-state index contributed by atoms with van der Waals surface area (Å²) in [4.78, 5) is 1.75. The van der Waals surface area contributed by atoms with Gasteiger partial charge in [-0.1, -0.05) is 13.0 Å². The van der Waals surface area contributed by atoms with E-state index in [0.29, 0.717) is 5.69 Å². The Morgan fingerprint density at radius 3 is 2.58 bits per heavy atom. The van der Waals surface area contributed by atoms with E-state index in [1.807, 2.05) is 19.9 Å². The van der Waals surface area contributed by atoms with Crippen LogP contribution in [0.5, 0.6) is 0 Å². The molecule has 2 atom stereocenters. The highest BCUT2D eigenvalue weighted by atomic mass is 19.1. The predicted octanol–water partition coefficient (Wildman–Crippen LogP) is 2.70. The first kappa shape index (κ1) is 15.9. The van der Waals surface area contributed by atoms with Gasteiger partial charge < -0.3 is 15.3 Å². The minimum Gasteiger partial charge on any atom is -0.394 e. The molecule has 108 valence electrons. The average molecular weight is 268 g/mol. The molecule has 0 amide bonds. The van der Waals surface area contributed by atoms with E-state index in [0.717, 1.165) is 18.5 Å². The summed E-state index contributed by atoms with van der Waals surface area (Å²) >= 11 is 0. The molecule has 0 saturated carbocycles. The number of halogens is 1. The molecule has 0 aliphatic heterocycles. The van der Waals surface area contributed by atoms with Crippen molar-refractivity contribution in [3.63, 3.8) is 0 Å². The van der Waals surface area contributed by atoms with Crippen molar-refractivity contribution >= 4 is 5.69 Å². The fourth-order valence-corrected chi connectivity index (χ4v) is 1.92. The third-order valence-electron chi connectivity index (χ3n) is 3.48. The standard InChI is InChI=1S/C15H25FN2O/c1-5-8-17-12(3)13-6-7-15(14(16)9-13)18(4)11(2)10-19/h6-7,9,11-12,17,19H,5,8,10H2,1-4H3. The summed E-state index contributed by atoms with van der Waals surface area (Å²) in [5.74, 6) is -0.245. The van der Waals surface area contributed by atoms with Crippen molar-refractivity contribution in [2.24, 2.45) is 0 Å². The number of nitrogens with one attached hydrogen (secondary N) is 1. The van der Waals surface area contributed by atoms with E-state index in [2.05, 4.69) is 12.2 Å². The van der Waals surface area contributed by atoms with Crippen LogP contribution >= 0.6 is 0 Å². The van der Waals surface area contributed by atoms with Crippen LogP contribution in [0, 0.1) is 5.82 Å². The maximum Gasteiger partial charge on any atom is 0.146 e. The largest absolute Gasteiger partial charge is 0.394 e. The van der Waals surface area contributed by atoms with Crippen LogP contribution in [-0.4, -0.2) is 31.3 Å². The van der Waals surface area contributed by atoms with E-state index in [-0.39, 0.29) is 24.5 Å². The van der Waals surface area contributed by atoms with Crippen molar-refractivity contribution in [2.45, 2.75) is 39.3 Å². The normalized spacial score (nSPS) is 14.2. The Hall–Kier alpha value is -1.13. The second-order valence-corrected chi connectivity index (χ2v) is 5.03. The highest BCUT2D eigenvalue weighted by Crippen LogP contribution is 2.24. The lowest BCUT2D eigenvalue weighted by Gasteiger charge is -2.26. The molecule has 0 saturated heterocycles. The molecule has 3 nitrogen and oxygen atoms in total. The molecule has 0 radical (unpaired) electrons. The maximum atomic E-state index is 14.1. The summed E-state index contributed by atoms with van der Waals surface area (Å²) in [6.45, 7) is 6.93. The van der Waals surface area contributed by atoms with E-state index in [4.69, 9.17) is 5.11 Å². The zero-order chi connectivity index (χ0) is 14.4. The molecular formula is C15H25FN2O. The molecule has 0 aromatic heterocycles. The first-order chi connectivity index (χ1) is 9.01. The number of nitrogens with zero attached hydrogens (tertiary/aromatic N) is 1. The van der Waals surface area contributed by atoms with E-state index in [1.54, 1.807) is 24.1 Å². The molecular weight excluding hydrogens is 243 g/mol. The molecule has 2 unspecified atom stereocenters. The number of anilines is 1. The van der Waals surface area contributed by atoms with Crippen LogP contribution in [0.25, 0.3) is 0 Å². The minimum atomic E-state index is -0.245. The number of hydrogen-bond donors (Lipinski definition) is 2. The molecule has 4 heteroatoms. The second-order valence-electron chi connectivity index (χ2n) is 5.03. The van der Waals surface area contributed by atoms with Gasteiger partial charge >= 0.3 is 0 Å². The molecule has 0 aliphatic rings. The van der Waals surface area contributed by atoms with Gasteiger partial charge in [-0.05, 0) is 44.5 Å². The lowest BCUT2D eigenvalue weighted by Crippen LogP contribution is -2.32. The third-order valence-corrected chi connectivity index (χ3v) is 3.48. The second kappa shape index (κ2) is 7.46. The number of likely N-dealkylation sites (N-methyl/N-ethyl adjacent to an activating group) is 1. The zero-order valence-corrected chi connectivity index (χ0v) is 12.3. The fourth-order valence-electron chi connectivity index (χ4n) is 1.92. The maximum absolute atomic E-state index is 14.1. The van der Waals surface area contributed by atoms with Crippen LogP contribution in [0.15, 0.2) is 18.2 Å². The topological polar surface area (TPSA) is 35.5 Å². The van der Waals surface area contributed by atoms with Crippen molar-refractivity contribution in [2.75, 3.05) is 25.1 Å². The molecule has 0 fully saturated rings. The molecule has 0 heterocycles. The van der Waals surface area contributed by atoms with Gasteiger partial charge in [-0.3, -0.25) is 0 Å². The Kier molecular flexibility index (Phi) is 6.25. The van der Waals surface area contributed by atoms with E-state index in [9.17, 15) is 4.39 Å². The monoisotopic (exact) mass is 268 g/mol. The SMILES string of the molecule is CCCNC(C)c1ccc(N(C)C(C)CO)c(F)c1. The Morgan fingerprint density at radius 2 is 2.05 bits per heavy atom. The van der Waals surface area contributed by atoms with Crippen LogP contribution in [0.3, 0.4) is 0 Å². The molecule has 2 N–H and O–H groups in total. The summed E-state index contributed by atoms with van der Waals surface area (Å²) in [7, 11) is 1.79. The quantitative estimate of drug-likeness (QED) is 0.798. The molecule has 1 aromatic carbocycles. The number of aliphatic hydroxyl groups excluding tert-OH is 1. The van der Waals surface area contributed by atoms with Crippen LogP contribution < -0.4 is 10.2 Å². The summed E-state index contributed by atoms with van der Waals surface area (Å²) in [5.41, 5.74) is 1.47. The molecule has 0 bridgehead atoms. The fraction of sp³-hybridized carbons (Fsp3) is 0.600. The van der Waals surface area contributed by atoms with Crippen molar-refractivity contribution < 1.29 is 9.50 Å². The number of benzene rings is 1. The van der Waals surface area contributed by atoms with Crippen LogP contribution in [0.4, 0.5) is 10.1 Å². The average Bonchev–Trinajstić information content (AvgIpc) is 2.42. The summed E-state index contributed by atoms with van der Waals surface area (Å²) < 4.78 is 14.1. The van der Waals surface area contributed by atoms with E-state index < -0.39 is 0 Å². The van der Waals surface area contributed by atoms with E-state index >= 15 is 0 Å². The van der Waals surface area contributed by atoms with Gasteiger partial charge in [-0.15, -0.1) is 0 Å². The highest BCUT2D eigenvalue weighted by Gasteiger charge is 2.14. The summed E-state index contributed by atoms with van der Waals surface area (Å²) in [6.07, 6.45) is 1.06. The Labute approximate surface area is 115 Å². The first-order valence-electron chi connectivity index (χ1n) is 6.87. The minimum absolute atomic E-state index is 0.00610. The van der Waals surface area contributed by atoms with Crippen LogP contribution in [0.1, 0.15) is 38.8 Å². The van der Waals surface area contributed by atoms with E-state index in [1.165, 1.54) is 0 Å². The molecule has 0 aliphatic carbocycles. The van der Waals surface area contributed by atoms with Gasteiger partial charge in [0.15, 0.2) is 0 Å². The Bertz CT molecular complexity index is 398. The highest BCUT2D eigenvalue weighted by molar-refractivity contribution is 5.49. The predicted molar refractivity (Wildman–Crippen MR) is 78.1 cm³/mol. The van der Waals surface area contributed by atoms with Gasteiger partial charge in [0.1, 0.15) is 5.82 Å². The lowest BCUT2D eigenvalue weighted by atomic mass is 10.1. The van der Waals surface area contributed by atoms with Crippen molar-refractivity contribution in [1.29, 1.82) is 0 Å². The molecule has 0 spiro atoms. The summed E-state index contributed by atoms with van der Waals surface area (Å²) in [6, 6.07) is 5.33. The van der Waals surface area contributed by atoms with Crippen molar-refractivity contribution in [3.05, 3.63) is 29.6 Å². The van der Waals surface area contributed by atoms with Gasteiger partial charge in [0.2, 0.25) is 0 Å². The third kappa shape index (κ3) is 4.18. The van der Waals surface area contributed by atoms with Gasteiger partial charge in [-0.25, -0.2) is 4.39 Å².